The van der Waals surface area contributed by atoms with Crippen LogP contribution >= 0.6 is 15.9 Å². The molecule has 2 heterocycles. The first-order chi connectivity index (χ1) is 11.4. The van der Waals surface area contributed by atoms with E-state index in [4.69, 9.17) is 5.73 Å². The fraction of sp³-hybridized carbons (Fsp3) is 0.412. The molecule has 3 rings (SSSR count). The molecule has 7 heteroatoms. The maximum atomic E-state index is 13.3. The third-order valence-corrected chi connectivity index (χ3v) is 4.87. The zero-order valence-electron chi connectivity index (χ0n) is 13.8. The van der Waals surface area contributed by atoms with Crippen molar-refractivity contribution in [3.63, 3.8) is 0 Å². The Morgan fingerprint density at radius 3 is 2.83 bits per heavy atom. The molecule has 3 N–H and O–H groups in total. The van der Waals surface area contributed by atoms with Gasteiger partial charge < -0.3 is 16.0 Å². The Labute approximate surface area is 149 Å². The Balaban J connectivity index is 1.86. The number of nitrogens with two attached hydrogens (primary N) is 1. The standard InChI is InChI=1S/C17H21BrFN5/c1-10(2)14-8-16(23-17(20)22-14)24-6-5-21-15(9-24)12-4-3-11(19)7-13(12)18/h3-4,7-8,10,15,21H,5-6,9H2,1-2H3,(H2,20,22,23). The van der Waals surface area contributed by atoms with E-state index in [9.17, 15) is 4.39 Å². The van der Waals surface area contributed by atoms with Crippen molar-refractivity contribution in [3.05, 3.63) is 45.8 Å². The molecule has 0 spiro atoms. The van der Waals surface area contributed by atoms with Crippen LogP contribution in [0.4, 0.5) is 16.2 Å². The molecule has 0 radical (unpaired) electrons. The van der Waals surface area contributed by atoms with E-state index >= 15 is 0 Å². The van der Waals surface area contributed by atoms with Crippen LogP contribution in [0.15, 0.2) is 28.7 Å². The molecule has 1 aliphatic rings. The van der Waals surface area contributed by atoms with Crippen LogP contribution in [0.1, 0.15) is 37.1 Å². The van der Waals surface area contributed by atoms with Crippen molar-refractivity contribution >= 4 is 27.7 Å². The number of hydrogen-bond donors (Lipinski definition) is 2. The van der Waals surface area contributed by atoms with E-state index in [1.807, 2.05) is 12.1 Å². The summed E-state index contributed by atoms with van der Waals surface area (Å²) in [6.07, 6.45) is 0. The lowest BCUT2D eigenvalue weighted by molar-refractivity contribution is 0.467. The first-order valence-electron chi connectivity index (χ1n) is 8.02. The molecule has 1 atom stereocenters. The number of halogens is 2. The monoisotopic (exact) mass is 393 g/mol. The van der Waals surface area contributed by atoms with Crippen LogP contribution in [0.2, 0.25) is 0 Å². The quantitative estimate of drug-likeness (QED) is 0.837. The number of nitrogen functional groups attached to an aromatic ring is 1. The van der Waals surface area contributed by atoms with Gasteiger partial charge in [0.25, 0.3) is 0 Å². The van der Waals surface area contributed by atoms with Crippen LogP contribution in [0.3, 0.4) is 0 Å². The van der Waals surface area contributed by atoms with Crippen molar-refractivity contribution in [3.8, 4) is 0 Å². The maximum absolute atomic E-state index is 13.3. The lowest BCUT2D eigenvalue weighted by Crippen LogP contribution is -2.46. The van der Waals surface area contributed by atoms with Crippen molar-refractivity contribution in [2.45, 2.75) is 25.8 Å². The Bertz CT molecular complexity index is 737. The van der Waals surface area contributed by atoms with Gasteiger partial charge in [-0.25, -0.2) is 9.37 Å². The van der Waals surface area contributed by atoms with Crippen molar-refractivity contribution in [2.24, 2.45) is 0 Å². The van der Waals surface area contributed by atoms with Gasteiger partial charge in [0.2, 0.25) is 5.95 Å². The first kappa shape index (κ1) is 17.1. The highest BCUT2D eigenvalue weighted by Gasteiger charge is 2.24. The topological polar surface area (TPSA) is 67.1 Å². The third kappa shape index (κ3) is 3.67. The van der Waals surface area contributed by atoms with Gasteiger partial charge in [0.15, 0.2) is 0 Å². The highest BCUT2D eigenvalue weighted by atomic mass is 79.9. The van der Waals surface area contributed by atoms with Crippen molar-refractivity contribution in [1.29, 1.82) is 0 Å². The lowest BCUT2D eigenvalue weighted by atomic mass is 10.0. The SMILES string of the molecule is CC(C)c1cc(N2CCNC(c3ccc(F)cc3Br)C2)nc(N)n1. The molecule has 0 aliphatic carbocycles. The Hall–Kier alpha value is -1.73. The summed E-state index contributed by atoms with van der Waals surface area (Å²) in [5, 5.41) is 3.48. The normalized spacial score (nSPS) is 18.2. The maximum Gasteiger partial charge on any atom is 0.222 e. The zero-order valence-corrected chi connectivity index (χ0v) is 15.3. The molecule has 0 amide bonds. The van der Waals surface area contributed by atoms with Gasteiger partial charge >= 0.3 is 0 Å². The summed E-state index contributed by atoms with van der Waals surface area (Å²) >= 11 is 3.46. The summed E-state index contributed by atoms with van der Waals surface area (Å²) in [7, 11) is 0. The summed E-state index contributed by atoms with van der Waals surface area (Å²) in [5.41, 5.74) is 7.85. The summed E-state index contributed by atoms with van der Waals surface area (Å²) in [5.74, 6) is 1.19. The highest BCUT2D eigenvalue weighted by molar-refractivity contribution is 9.10. The third-order valence-electron chi connectivity index (χ3n) is 4.18. The minimum absolute atomic E-state index is 0.0902. The summed E-state index contributed by atoms with van der Waals surface area (Å²) in [6.45, 7) is 6.56. The van der Waals surface area contributed by atoms with E-state index in [1.165, 1.54) is 12.1 Å². The molecule has 1 aromatic heterocycles. The molecule has 2 aromatic rings. The van der Waals surface area contributed by atoms with E-state index in [1.54, 1.807) is 0 Å². The molecule has 1 fully saturated rings. The first-order valence-corrected chi connectivity index (χ1v) is 8.81. The van der Waals surface area contributed by atoms with Crippen molar-refractivity contribution in [2.75, 3.05) is 30.3 Å². The summed E-state index contributed by atoms with van der Waals surface area (Å²) in [4.78, 5) is 10.9. The van der Waals surface area contributed by atoms with E-state index < -0.39 is 0 Å². The fourth-order valence-electron chi connectivity index (χ4n) is 2.88. The highest BCUT2D eigenvalue weighted by Crippen LogP contribution is 2.28. The van der Waals surface area contributed by atoms with Gasteiger partial charge in [-0.1, -0.05) is 35.8 Å². The van der Waals surface area contributed by atoms with Crippen molar-refractivity contribution in [1.82, 2.24) is 15.3 Å². The minimum Gasteiger partial charge on any atom is -0.368 e. The molecule has 1 aliphatic heterocycles. The molecule has 24 heavy (non-hydrogen) atoms. The zero-order chi connectivity index (χ0) is 17.3. The van der Waals surface area contributed by atoms with Gasteiger partial charge in [-0.15, -0.1) is 0 Å². The largest absolute Gasteiger partial charge is 0.368 e. The number of benzene rings is 1. The van der Waals surface area contributed by atoms with Crippen LogP contribution < -0.4 is 16.0 Å². The molecule has 1 aromatic carbocycles. The van der Waals surface area contributed by atoms with Gasteiger partial charge in [-0.3, -0.25) is 0 Å². The number of nitrogens with one attached hydrogen (secondary N) is 1. The summed E-state index contributed by atoms with van der Waals surface area (Å²) < 4.78 is 14.1. The van der Waals surface area contributed by atoms with Crippen LogP contribution in [0.5, 0.6) is 0 Å². The van der Waals surface area contributed by atoms with Crippen LogP contribution in [-0.4, -0.2) is 29.6 Å². The van der Waals surface area contributed by atoms with E-state index in [0.29, 0.717) is 11.9 Å². The van der Waals surface area contributed by atoms with Gasteiger partial charge in [-0.05, 0) is 23.6 Å². The average molecular weight is 394 g/mol. The molecule has 5 nitrogen and oxygen atoms in total. The number of aromatic nitrogens is 2. The number of anilines is 2. The second-order valence-corrected chi connectivity index (χ2v) is 7.14. The fourth-order valence-corrected chi connectivity index (χ4v) is 3.51. The molecule has 1 saturated heterocycles. The number of hydrogen-bond acceptors (Lipinski definition) is 5. The predicted octanol–water partition coefficient (Wildman–Crippen LogP) is 3.23. The van der Waals surface area contributed by atoms with E-state index in [-0.39, 0.29) is 11.9 Å². The predicted molar refractivity (Wildman–Crippen MR) is 97.6 cm³/mol. The van der Waals surface area contributed by atoms with Crippen LogP contribution in [-0.2, 0) is 0 Å². The smallest absolute Gasteiger partial charge is 0.222 e. The molecule has 0 saturated carbocycles. The molecule has 1 unspecified atom stereocenters. The van der Waals surface area contributed by atoms with Crippen LogP contribution in [0.25, 0.3) is 0 Å². The lowest BCUT2D eigenvalue weighted by Gasteiger charge is -2.35. The number of piperazine rings is 1. The second kappa shape index (κ2) is 7.03. The van der Waals surface area contributed by atoms with Gasteiger partial charge in [0, 0.05) is 30.2 Å². The van der Waals surface area contributed by atoms with Gasteiger partial charge in [0.05, 0.1) is 11.7 Å². The molecular weight excluding hydrogens is 373 g/mol. The van der Waals surface area contributed by atoms with Crippen molar-refractivity contribution < 1.29 is 4.39 Å². The second-order valence-electron chi connectivity index (χ2n) is 6.28. The molecule has 0 bridgehead atoms. The average Bonchev–Trinajstić information content (AvgIpc) is 2.54. The van der Waals surface area contributed by atoms with Gasteiger partial charge in [0.1, 0.15) is 11.6 Å². The number of rotatable bonds is 3. The molecule has 128 valence electrons. The van der Waals surface area contributed by atoms with E-state index in [2.05, 4.69) is 50.0 Å². The van der Waals surface area contributed by atoms with Gasteiger partial charge in [-0.2, -0.15) is 4.98 Å². The molecular formula is C17H21BrFN5. The Kier molecular flexibility index (Phi) is 5.01. The number of nitrogens with zero attached hydrogens (tertiary/aromatic N) is 3. The van der Waals surface area contributed by atoms with Crippen LogP contribution in [0, 0.1) is 5.82 Å². The Morgan fingerprint density at radius 1 is 1.33 bits per heavy atom. The summed E-state index contributed by atoms with van der Waals surface area (Å²) in [6, 6.07) is 6.89. The minimum atomic E-state index is -0.247. The Morgan fingerprint density at radius 2 is 2.12 bits per heavy atom. The van der Waals surface area contributed by atoms with E-state index in [0.717, 1.165) is 41.2 Å².